The van der Waals surface area contributed by atoms with Crippen LogP contribution in [0.1, 0.15) is 24.8 Å². The molecule has 4 rings (SSSR count). The summed E-state index contributed by atoms with van der Waals surface area (Å²) in [6, 6.07) is 20.2. The molecule has 2 N–H and O–H groups in total. The van der Waals surface area contributed by atoms with Gasteiger partial charge in [0.05, 0.1) is 5.69 Å². The first-order chi connectivity index (χ1) is 16.2. The molecule has 5 nitrogen and oxygen atoms in total. The third kappa shape index (κ3) is 7.12. The topological polar surface area (TPSA) is 57.3 Å². The van der Waals surface area contributed by atoms with Crippen LogP contribution in [0.3, 0.4) is 0 Å². The molecule has 2 amide bonds. The van der Waals surface area contributed by atoms with E-state index in [1.54, 1.807) is 18.3 Å². The van der Waals surface area contributed by atoms with Crippen LogP contribution < -0.4 is 10.6 Å². The first-order valence-corrected chi connectivity index (χ1v) is 11.7. The zero-order valence-corrected chi connectivity index (χ0v) is 18.8. The van der Waals surface area contributed by atoms with Crippen molar-refractivity contribution in [3.8, 4) is 11.3 Å². The van der Waals surface area contributed by atoms with Gasteiger partial charge in [0, 0.05) is 30.5 Å². The van der Waals surface area contributed by atoms with Crippen molar-refractivity contribution in [3.63, 3.8) is 0 Å². The molecule has 172 valence electrons. The Morgan fingerprint density at radius 1 is 1.09 bits per heavy atom. The number of nitrogens with one attached hydrogen (secondary N) is 2. The molecule has 0 aliphatic carbocycles. The van der Waals surface area contributed by atoms with Crippen LogP contribution in [0.4, 0.5) is 14.9 Å². The average molecular weight is 447 g/mol. The van der Waals surface area contributed by atoms with Gasteiger partial charge in [-0.15, -0.1) is 0 Å². The Kier molecular flexibility index (Phi) is 8.04. The summed E-state index contributed by atoms with van der Waals surface area (Å²) in [7, 11) is 0. The molecule has 2 aromatic carbocycles. The number of aromatic nitrogens is 1. The first kappa shape index (κ1) is 22.9. The number of piperidine rings is 1. The quantitative estimate of drug-likeness (QED) is 0.459. The molecular formula is C27H31FN4O. The highest BCUT2D eigenvalue weighted by atomic mass is 19.1. The van der Waals surface area contributed by atoms with E-state index < -0.39 is 0 Å². The number of urea groups is 1. The normalized spacial score (nSPS) is 16.3. The van der Waals surface area contributed by atoms with E-state index in [0.29, 0.717) is 12.5 Å². The highest BCUT2D eigenvalue weighted by Gasteiger charge is 2.19. The number of carbonyl (C=O) groups is 1. The Bertz CT molecular complexity index is 1030. The Morgan fingerprint density at radius 3 is 2.79 bits per heavy atom. The lowest BCUT2D eigenvalue weighted by Gasteiger charge is -2.32. The van der Waals surface area contributed by atoms with E-state index in [4.69, 9.17) is 0 Å². The Labute approximate surface area is 195 Å². The van der Waals surface area contributed by atoms with Crippen LogP contribution in [0.25, 0.3) is 11.3 Å². The van der Waals surface area contributed by atoms with Crippen LogP contribution in [0, 0.1) is 11.7 Å². The second kappa shape index (κ2) is 11.6. The van der Waals surface area contributed by atoms with Crippen molar-refractivity contribution in [2.75, 3.05) is 31.5 Å². The summed E-state index contributed by atoms with van der Waals surface area (Å²) in [5.74, 6) is 0.424. The molecule has 33 heavy (non-hydrogen) atoms. The summed E-state index contributed by atoms with van der Waals surface area (Å²) < 4.78 is 13.1. The molecular weight excluding hydrogens is 415 g/mol. The predicted molar refractivity (Wildman–Crippen MR) is 131 cm³/mol. The highest BCUT2D eigenvalue weighted by Crippen LogP contribution is 2.22. The maximum atomic E-state index is 13.1. The van der Waals surface area contributed by atoms with Crippen molar-refractivity contribution in [1.29, 1.82) is 0 Å². The molecule has 0 bridgehead atoms. The fraction of sp³-hybridized carbons (Fsp3) is 0.333. The fourth-order valence-electron chi connectivity index (χ4n) is 4.44. The zero-order chi connectivity index (χ0) is 22.9. The summed E-state index contributed by atoms with van der Waals surface area (Å²) in [5, 5.41) is 5.87. The summed E-state index contributed by atoms with van der Waals surface area (Å²) in [5.41, 5.74) is 3.79. The molecule has 1 fully saturated rings. The largest absolute Gasteiger partial charge is 0.338 e. The van der Waals surface area contributed by atoms with Crippen molar-refractivity contribution in [2.45, 2.75) is 25.7 Å². The van der Waals surface area contributed by atoms with Crippen LogP contribution in [-0.4, -0.2) is 42.1 Å². The number of nitrogens with zero attached hydrogens (tertiary/aromatic N) is 2. The van der Waals surface area contributed by atoms with E-state index in [1.165, 1.54) is 18.4 Å². The second-order valence-electron chi connectivity index (χ2n) is 8.67. The van der Waals surface area contributed by atoms with Gasteiger partial charge in [0.1, 0.15) is 5.82 Å². The zero-order valence-electron chi connectivity index (χ0n) is 18.8. The smallest absolute Gasteiger partial charge is 0.319 e. The molecule has 1 aromatic heterocycles. The van der Waals surface area contributed by atoms with Crippen LogP contribution in [0.5, 0.6) is 0 Å². The van der Waals surface area contributed by atoms with Crippen LogP contribution in [-0.2, 0) is 6.42 Å². The van der Waals surface area contributed by atoms with E-state index in [-0.39, 0.29) is 11.8 Å². The maximum Gasteiger partial charge on any atom is 0.319 e. The van der Waals surface area contributed by atoms with E-state index in [0.717, 1.165) is 49.4 Å². The van der Waals surface area contributed by atoms with Gasteiger partial charge < -0.3 is 15.5 Å². The number of benzene rings is 2. The standard InChI is InChI=1S/C27H31FN4O/c28-24-12-10-21(11-13-24)18-22-6-4-16-32(20-22)17-5-15-30-27(33)31-25-8-3-7-23(19-25)26-9-1-2-14-29-26/h1-3,7-14,19,22H,4-6,15-18,20H2,(H2,30,31,33)/t22-/m0/s1. The van der Waals surface area contributed by atoms with Gasteiger partial charge in [-0.05, 0) is 86.7 Å². The molecule has 0 saturated carbocycles. The molecule has 2 heterocycles. The summed E-state index contributed by atoms with van der Waals surface area (Å²) >= 11 is 0. The number of rotatable bonds is 8. The van der Waals surface area contributed by atoms with Crippen LogP contribution >= 0.6 is 0 Å². The molecule has 3 aromatic rings. The SMILES string of the molecule is O=C(NCCCN1CCC[C@@H](Cc2ccc(F)cc2)C1)Nc1cccc(-c2ccccn2)c1. The number of halogens is 1. The van der Waals surface area contributed by atoms with Crippen molar-refractivity contribution in [2.24, 2.45) is 5.92 Å². The summed E-state index contributed by atoms with van der Waals surface area (Å²) in [4.78, 5) is 19.2. The third-order valence-corrected chi connectivity index (χ3v) is 6.06. The molecule has 6 heteroatoms. The van der Waals surface area contributed by atoms with Gasteiger partial charge in [-0.25, -0.2) is 9.18 Å². The van der Waals surface area contributed by atoms with Crippen LogP contribution in [0.2, 0.25) is 0 Å². The third-order valence-electron chi connectivity index (χ3n) is 6.06. The first-order valence-electron chi connectivity index (χ1n) is 11.7. The number of likely N-dealkylation sites (tertiary alicyclic amines) is 1. The average Bonchev–Trinajstić information content (AvgIpc) is 2.84. The summed E-state index contributed by atoms with van der Waals surface area (Å²) in [6.07, 6.45) is 6.06. The molecule has 0 spiro atoms. The Hall–Kier alpha value is -3.25. The van der Waals surface area contributed by atoms with Gasteiger partial charge in [0.2, 0.25) is 0 Å². The van der Waals surface area contributed by atoms with Gasteiger partial charge in [-0.2, -0.15) is 0 Å². The molecule has 0 unspecified atom stereocenters. The number of anilines is 1. The van der Waals surface area contributed by atoms with Crippen molar-refractivity contribution < 1.29 is 9.18 Å². The summed E-state index contributed by atoms with van der Waals surface area (Å²) in [6.45, 7) is 3.76. The van der Waals surface area contributed by atoms with Crippen molar-refractivity contribution in [3.05, 3.63) is 84.3 Å². The number of carbonyl (C=O) groups excluding carboxylic acids is 1. The minimum absolute atomic E-state index is 0.179. The van der Waals surface area contributed by atoms with Gasteiger partial charge in [-0.3, -0.25) is 4.98 Å². The number of amides is 2. The molecule has 1 aliphatic heterocycles. The fourth-order valence-corrected chi connectivity index (χ4v) is 4.44. The highest BCUT2D eigenvalue weighted by molar-refractivity contribution is 5.90. The van der Waals surface area contributed by atoms with E-state index in [1.807, 2.05) is 54.6 Å². The van der Waals surface area contributed by atoms with Crippen molar-refractivity contribution in [1.82, 2.24) is 15.2 Å². The van der Waals surface area contributed by atoms with Crippen molar-refractivity contribution >= 4 is 11.7 Å². The molecule has 0 radical (unpaired) electrons. The Balaban J connectivity index is 1.17. The van der Waals surface area contributed by atoms with Gasteiger partial charge in [-0.1, -0.05) is 30.3 Å². The minimum Gasteiger partial charge on any atom is -0.338 e. The van der Waals surface area contributed by atoms with E-state index >= 15 is 0 Å². The minimum atomic E-state index is -0.194. The lowest BCUT2D eigenvalue weighted by atomic mass is 9.91. The Morgan fingerprint density at radius 2 is 1.97 bits per heavy atom. The second-order valence-corrected chi connectivity index (χ2v) is 8.67. The van der Waals surface area contributed by atoms with Gasteiger partial charge in [0.15, 0.2) is 0 Å². The molecule has 1 aliphatic rings. The van der Waals surface area contributed by atoms with Gasteiger partial charge >= 0.3 is 6.03 Å². The predicted octanol–water partition coefficient (Wildman–Crippen LogP) is 5.35. The lowest BCUT2D eigenvalue weighted by Crippen LogP contribution is -2.38. The maximum absolute atomic E-state index is 13.1. The lowest BCUT2D eigenvalue weighted by molar-refractivity contribution is 0.172. The monoisotopic (exact) mass is 446 g/mol. The van der Waals surface area contributed by atoms with E-state index in [9.17, 15) is 9.18 Å². The number of hydrogen-bond acceptors (Lipinski definition) is 3. The number of pyridine rings is 1. The molecule has 1 saturated heterocycles. The number of hydrogen-bond donors (Lipinski definition) is 2. The van der Waals surface area contributed by atoms with Gasteiger partial charge in [0.25, 0.3) is 0 Å². The molecule has 1 atom stereocenters. The van der Waals surface area contributed by atoms with Crippen LogP contribution in [0.15, 0.2) is 72.9 Å². The van der Waals surface area contributed by atoms with E-state index in [2.05, 4.69) is 20.5 Å².